The normalized spacial score (nSPS) is 24.6. The molecule has 0 saturated carbocycles. The molecule has 12 nitrogen and oxygen atoms in total. The molecular weight excluding hydrogens is 560 g/mol. The molecule has 3 heterocycles. The van der Waals surface area contributed by atoms with Gasteiger partial charge in [0.1, 0.15) is 29.2 Å². The Labute approximate surface area is 234 Å². The summed E-state index contributed by atoms with van der Waals surface area (Å²) in [7, 11) is -4.11. The molecule has 0 radical (unpaired) electrons. The third-order valence-corrected chi connectivity index (χ3v) is 8.42. The van der Waals surface area contributed by atoms with E-state index in [1.54, 1.807) is 44.2 Å². The Morgan fingerprint density at radius 1 is 1.34 bits per heavy atom. The monoisotopic (exact) mass is 591 g/mol. The lowest BCUT2D eigenvalue weighted by atomic mass is 9.95. The van der Waals surface area contributed by atoms with Crippen LogP contribution in [-0.4, -0.2) is 67.4 Å². The number of H-pyrrole nitrogens is 1. The lowest BCUT2D eigenvalue weighted by Gasteiger charge is -2.26. The number of carbonyl (C=O) groups excluding carboxylic acids is 1. The van der Waals surface area contributed by atoms with Gasteiger partial charge < -0.3 is 29.2 Å². The van der Waals surface area contributed by atoms with Crippen LogP contribution in [0.5, 0.6) is 5.75 Å². The van der Waals surface area contributed by atoms with Gasteiger partial charge in [0.25, 0.3) is 5.56 Å². The van der Waals surface area contributed by atoms with Crippen molar-refractivity contribution in [3.63, 3.8) is 0 Å². The van der Waals surface area contributed by atoms with E-state index in [4.69, 9.17) is 24.9 Å². The van der Waals surface area contributed by atoms with Crippen LogP contribution in [0.3, 0.4) is 0 Å². The summed E-state index contributed by atoms with van der Waals surface area (Å²) in [5.74, 6) is -0.0103. The van der Waals surface area contributed by atoms with E-state index in [9.17, 15) is 28.8 Å². The maximum absolute atomic E-state index is 14.7. The van der Waals surface area contributed by atoms with Gasteiger partial charge in [-0.1, -0.05) is 31.0 Å². The molecule has 3 N–H and O–H groups in total. The quantitative estimate of drug-likeness (QED) is 0.182. The predicted octanol–water partition coefficient (Wildman–Crippen LogP) is 2.67. The van der Waals surface area contributed by atoms with Gasteiger partial charge in [-0.25, -0.2) is 13.9 Å². The topological polar surface area (TPSA) is 162 Å². The van der Waals surface area contributed by atoms with Gasteiger partial charge in [-0.05, 0) is 32.9 Å². The van der Waals surface area contributed by atoms with Gasteiger partial charge in [-0.15, -0.1) is 6.42 Å². The van der Waals surface area contributed by atoms with E-state index in [0.29, 0.717) is 0 Å². The molecule has 0 bridgehead atoms. The molecule has 0 spiro atoms. The first-order valence-electron chi connectivity index (χ1n) is 12.8. The fourth-order valence-corrected chi connectivity index (χ4v) is 6.31. The predicted molar refractivity (Wildman–Crippen MR) is 145 cm³/mol. The molecule has 14 heteroatoms. The van der Waals surface area contributed by atoms with Crippen molar-refractivity contribution in [3.05, 3.63) is 58.5 Å². The lowest BCUT2D eigenvalue weighted by molar-refractivity contribution is -0.151. The first-order valence-corrected chi connectivity index (χ1v) is 14.5. The molecule has 1 saturated heterocycles. The number of aliphatic hydroxyl groups excluding tert-OH is 1. The van der Waals surface area contributed by atoms with Gasteiger partial charge in [0, 0.05) is 6.20 Å². The van der Waals surface area contributed by atoms with Crippen LogP contribution in [0, 0.1) is 31.0 Å². The Morgan fingerprint density at radius 2 is 2.02 bits per heavy atom. The van der Waals surface area contributed by atoms with Crippen molar-refractivity contribution in [2.45, 2.75) is 57.8 Å². The van der Waals surface area contributed by atoms with Gasteiger partial charge >= 0.3 is 13.6 Å². The number of nitrogens with one attached hydrogen (secondary N) is 1. The number of rotatable bonds is 10. The zero-order chi connectivity index (χ0) is 30.1. The first kappa shape index (κ1) is 30.4. The number of para-hydroxylation sites is 1. The number of aliphatic hydroxyl groups is 2. The van der Waals surface area contributed by atoms with Crippen molar-refractivity contribution in [3.8, 4) is 18.1 Å². The van der Waals surface area contributed by atoms with Gasteiger partial charge in [-0.2, -0.15) is 0 Å². The van der Waals surface area contributed by atoms with Crippen LogP contribution in [0.4, 0.5) is 4.39 Å². The van der Waals surface area contributed by atoms with Crippen LogP contribution in [-0.2, 0) is 23.4 Å². The summed E-state index contributed by atoms with van der Waals surface area (Å²) in [5, 5.41) is 21.8. The summed E-state index contributed by atoms with van der Waals surface area (Å²) >= 11 is 0. The lowest BCUT2D eigenvalue weighted by Crippen LogP contribution is -2.46. The molecule has 1 aliphatic rings. The Balaban J connectivity index is 1.62. The van der Waals surface area contributed by atoms with E-state index in [-0.39, 0.29) is 23.4 Å². The van der Waals surface area contributed by atoms with Crippen LogP contribution in [0.25, 0.3) is 11.0 Å². The van der Waals surface area contributed by atoms with Gasteiger partial charge in [0.15, 0.2) is 23.3 Å². The molecule has 4 rings (SSSR count). The number of aromatic amines is 1. The van der Waals surface area contributed by atoms with Crippen molar-refractivity contribution in [2.24, 2.45) is 5.92 Å². The average Bonchev–Trinajstić information content (AvgIpc) is 3.36. The number of esters is 1. The summed E-state index contributed by atoms with van der Waals surface area (Å²) in [4.78, 5) is 31.3. The van der Waals surface area contributed by atoms with E-state index >= 15 is 0 Å². The maximum atomic E-state index is 14.7. The minimum absolute atomic E-state index is 0.161. The smallest absolute Gasteiger partial charge is 0.380 e. The Morgan fingerprint density at radius 3 is 2.66 bits per heavy atom. The molecule has 1 aromatic carbocycles. The van der Waals surface area contributed by atoms with Gasteiger partial charge in [0.2, 0.25) is 0 Å². The molecule has 0 amide bonds. The Hall–Kier alpha value is -3.53. The van der Waals surface area contributed by atoms with Crippen LogP contribution in [0.1, 0.15) is 32.8 Å². The Kier molecular flexibility index (Phi) is 8.73. The summed E-state index contributed by atoms with van der Waals surface area (Å²) in [6, 6.07) is 8.12. The zero-order valence-electron chi connectivity index (χ0n) is 22.8. The second kappa shape index (κ2) is 11.8. The van der Waals surface area contributed by atoms with Crippen molar-refractivity contribution in [2.75, 3.05) is 12.8 Å². The SMILES string of the molecule is C#CC1(O)[C@@H](O)[C@@H](CO[P@@](=O)(C[C@@H](C)C(=O)OC(C)C)Oc2ccccc2)O[C@H]1n1cc(F)c2c(=O)[nH]c(C)nc21. The van der Waals surface area contributed by atoms with Gasteiger partial charge in [-0.3, -0.25) is 18.7 Å². The van der Waals surface area contributed by atoms with Gasteiger partial charge in [0.05, 0.1) is 24.8 Å². The molecule has 1 unspecified atom stereocenters. The van der Waals surface area contributed by atoms with E-state index in [2.05, 4.69) is 15.9 Å². The first-order chi connectivity index (χ1) is 19.3. The molecule has 3 aromatic rings. The number of carbonyl (C=O) groups is 1. The molecule has 220 valence electrons. The summed E-state index contributed by atoms with van der Waals surface area (Å²) in [5.41, 5.74) is -3.36. The van der Waals surface area contributed by atoms with Crippen LogP contribution >= 0.6 is 7.60 Å². The molecule has 2 aromatic heterocycles. The molecule has 1 fully saturated rings. The molecule has 0 aliphatic carbocycles. The van der Waals surface area contributed by atoms with Crippen molar-refractivity contribution < 1.29 is 42.5 Å². The third kappa shape index (κ3) is 6.22. The number of fused-ring (bicyclic) bond motifs is 1. The highest BCUT2D eigenvalue weighted by atomic mass is 31.2. The van der Waals surface area contributed by atoms with Crippen LogP contribution < -0.4 is 10.1 Å². The van der Waals surface area contributed by atoms with E-state index < -0.39 is 73.0 Å². The van der Waals surface area contributed by atoms with E-state index in [0.717, 1.165) is 10.8 Å². The van der Waals surface area contributed by atoms with Crippen molar-refractivity contribution in [1.82, 2.24) is 14.5 Å². The molecule has 1 aliphatic heterocycles. The van der Waals surface area contributed by atoms with E-state index in [1.165, 1.54) is 13.8 Å². The highest BCUT2D eigenvalue weighted by molar-refractivity contribution is 7.54. The number of hydrogen-bond donors (Lipinski definition) is 3. The molecular formula is C27H31FN3O9P. The second-order valence-corrected chi connectivity index (χ2v) is 12.1. The van der Waals surface area contributed by atoms with Crippen LogP contribution in [0.15, 0.2) is 41.3 Å². The minimum Gasteiger partial charge on any atom is -0.463 e. The largest absolute Gasteiger partial charge is 0.463 e. The molecule has 41 heavy (non-hydrogen) atoms. The highest BCUT2D eigenvalue weighted by Crippen LogP contribution is 2.51. The standard InChI is InChI=1S/C27H31FN3O9P/c1-6-27(35)22(32)20(39-26(27)31-12-19(28)21-23(31)29-17(5)30-24(21)33)13-37-41(36,40-18-10-8-7-9-11-18)14-16(4)25(34)38-15(2)3/h1,7-12,15-16,20,22,26,32,35H,13-14H2,2-5H3,(H,29,30,33)/t16-,20-,22+,26-,27?,41+/m1/s1. The number of hydrogen-bond acceptors (Lipinski definition) is 10. The summed E-state index contributed by atoms with van der Waals surface area (Å²) in [6.45, 7) is 5.73. The fraction of sp³-hybridized carbons (Fsp3) is 0.444. The zero-order valence-corrected chi connectivity index (χ0v) is 23.7. The highest BCUT2D eigenvalue weighted by Gasteiger charge is 2.56. The van der Waals surface area contributed by atoms with Crippen molar-refractivity contribution in [1.29, 1.82) is 0 Å². The second-order valence-electron chi connectivity index (χ2n) is 10.1. The number of aryl methyl sites for hydroxylation is 1. The molecule has 6 atom stereocenters. The number of terminal acetylenes is 1. The number of aromatic nitrogens is 3. The maximum Gasteiger partial charge on any atom is 0.380 e. The number of nitrogens with zero attached hydrogens (tertiary/aromatic N) is 2. The Bertz CT molecular complexity index is 1570. The summed E-state index contributed by atoms with van der Waals surface area (Å²) < 4.78 is 52.0. The number of halogens is 1. The van der Waals surface area contributed by atoms with Crippen LogP contribution in [0.2, 0.25) is 0 Å². The third-order valence-electron chi connectivity index (χ3n) is 6.40. The minimum atomic E-state index is -4.11. The van der Waals surface area contributed by atoms with Crippen molar-refractivity contribution >= 4 is 24.6 Å². The average molecular weight is 592 g/mol. The fourth-order valence-electron chi connectivity index (χ4n) is 4.44. The van der Waals surface area contributed by atoms with E-state index in [1.807, 2.05) is 0 Å². The number of benzene rings is 1. The number of ether oxygens (including phenoxy) is 2. The summed E-state index contributed by atoms with van der Waals surface area (Å²) in [6.07, 6.45) is 0.866.